The number of nitrogens with one attached hydrogen (secondary N) is 1. The first-order valence-electron chi connectivity index (χ1n) is 7.87. The summed E-state index contributed by atoms with van der Waals surface area (Å²) < 4.78 is 16.0. The number of nitrogens with zero attached hydrogens (tertiary/aromatic N) is 2. The maximum atomic E-state index is 12.2. The number of aromatic nitrogens is 2. The van der Waals surface area contributed by atoms with E-state index >= 15 is 0 Å². The van der Waals surface area contributed by atoms with Gasteiger partial charge in [-0.05, 0) is 19.0 Å². The Morgan fingerprint density at radius 1 is 1.20 bits per heavy atom. The van der Waals surface area contributed by atoms with Crippen molar-refractivity contribution >= 4 is 12.1 Å². The van der Waals surface area contributed by atoms with E-state index in [1.165, 1.54) is 6.20 Å². The molecule has 0 aliphatic rings. The fourth-order valence-corrected chi connectivity index (χ4v) is 2.12. The number of rotatable bonds is 8. The molecule has 0 fully saturated rings. The molecule has 1 aromatic carbocycles. The highest BCUT2D eigenvalue weighted by atomic mass is 16.8. The standard InChI is InChI=1S/C17H21N3O5/c1-3-18-11-23-17(22)25-12-24-16(21)15-9-19-10-20(15)13(2)14-7-5-4-6-8-14/h4-10,13,18H,3,11-12H2,1-2H3/t13-/m1/s1. The van der Waals surface area contributed by atoms with Crippen molar-refractivity contribution in [2.75, 3.05) is 20.1 Å². The van der Waals surface area contributed by atoms with Crippen molar-refractivity contribution in [3.63, 3.8) is 0 Å². The van der Waals surface area contributed by atoms with E-state index in [9.17, 15) is 9.59 Å². The van der Waals surface area contributed by atoms with Crippen molar-refractivity contribution in [2.45, 2.75) is 19.9 Å². The van der Waals surface area contributed by atoms with E-state index in [0.717, 1.165) is 5.56 Å². The van der Waals surface area contributed by atoms with Crippen molar-refractivity contribution in [3.05, 3.63) is 54.1 Å². The fourth-order valence-electron chi connectivity index (χ4n) is 2.12. The molecule has 2 rings (SSSR count). The second-order valence-electron chi connectivity index (χ2n) is 5.11. The van der Waals surface area contributed by atoms with Gasteiger partial charge in [0.05, 0.1) is 18.6 Å². The van der Waals surface area contributed by atoms with Gasteiger partial charge in [0.1, 0.15) is 12.4 Å². The predicted octanol–water partition coefficient (Wildman–Crippen LogP) is 2.33. The average Bonchev–Trinajstić information content (AvgIpc) is 3.12. The molecule has 0 amide bonds. The molecule has 0 aliphatic carbocycles. The molecule has 134 valence electrons. The third kappa shape index (κ3) is 5.32. The molecular formula is C17H21N3O5. The van der Waals surface area contributed by atoms with Crippen LogP contribution in [-0.4, -0.2) is 41.7 Å². The van der Waals surface area contributed by atoms with Crippen LogP contribution in [0.5, 0.6) is 0 Å². The Hall–Kier alpha value is -2.87. The molecule has 25 heavy (non-hydrogen) atoms. The minimum Gasteiger partial charge on any atom is -0.423 e. The summed E-state index contributed by atoms with van der Waals surface area (Å²) in [5.41, 5.74) is 1.29. The molecule has 0 bridgehead atoms. The van der Waals surface area contributed by atoms with Crippen molar-refractivity contribution < 1.29 is 23.8 Å². The second kappa shape index (κ2) is 9.43. The van der Waals surface area contributed by atoms with Crippen molar-refractivity contribution in [1.29, 1.82) is 0 Å². The molecule has 0 radical (unpaired) electrons. The van der Waals surface area contributed by atoms with Crippen LogP contribution in [0.2, 0.25) is 0 Å². The zero-order valence-electron chi connectivity index (χ0n) is 14.2. The quantitative estimate of drug-likeness (QED) is 0.445. The number of esters is 1. The topological polar surface area (TPSA) is 91.7 Å². The van der Waals surface area contributed by atoms with Crippen LogP contribution >= 0.6 is 0 Å². The van der Waals surface area contributed by atoms with Gasteiger partial charge in [0.25, 0.3) is 0 Å². The van der Waals surface area contributed by atoms with Crippen LogP contribution < -0.4 is 5.32 Å². The van der Waals surface area contributed by atoms with E-state index in [4.69, 9.17) is 9.47 Å². The summed E-state index contributed by atoms with van der Waals surface area (Å²) in [7, 11) is 0. The lowest BCUT2D eigenvalue weighted by Gasteiger charge is -2.16. The predicted molar refractivity (Wildman–Crippen MR) is 88.9 cm³/mol. The third-order valence-corrected chi connectivity index (χ3v) is 3.48. The molecule has 1 atom stereocenters. The summed E-state index contributed by atoms with van der Waals surface area (Å²) in [6.45, 7) is 3.98. The molecule has 0 saturated heterocycles. The van der Waals surface area contributed by atoms with E-state index in [-0.39, 0.29) is 18.5 Å². The van der Waals surface area contributed by atoms with Crippen LogP contribution in [0, 0.1) is 0 Å². The summed E-state index contributed by atoms with van der Waals surface area (Å²) in [4.78, 5) is 27.4. The van der Waals surface area contributed by atoms with Crippen LogP contribution in [0.3, 0.4) is 0 Å². The zero-order valence-corrected chi connectivity index (χ0v) is 14.2. The van der Waals surface area contributed by atoms with Crippen molar-refractivity contribution in [2.24, 2.45) is 0 Å². The van der Waals surface area contributed by atoms with Gasteiger partial charge < -0.3 is 18.8 Å². The average molecular weight is 347 g/mol. The number of hydrogen-bond donors (Lipinski definition) is 1. The number of hydrogen-bond acceptors (Lipinski definition) is 7. The Kier molecular flexibility index (Phi) is 6.97. The molecule has 8 nitrogen and oxygen atoms in total. The van der Waals surface area contributed by atoms with E-state index in [1.807, 2.05) is 44.2 Å². The minimum absolute atomic E-state index is 0.0324. The summed E-state index contributed by atoms with van der Waals surface area (Å²) in [6.07, 6.45) is 2.05. The van der Waals surface area contributed by atoms with Crippen LogP contribution in [-0.2, 0) is 14.2 Å². The van der Waals surface area contributed by atoms with E-state index in [1.54, 1.807) is 10.9 Å². The van der Waals surface area contributed by atoms with Crippen LogP contribution in [0.1, 0.15) is 35.9 Å². The van der Waals surface area contributed by atoms with Gasteiger partial charge in [0.15, 0.2) is 0 Å². The van der Waals surface area contributed by atoms with E-state index < -0.39 is 18.9 Å². The van der Waals surface area contributed by atoms with Gasteiger partial charge in [-0.15, -0.1) is 0 Å². The number of carbonyl (C=O) groups excluding carboxylic acids is 2. The molecular weight excluding hydrogens is 326 g/mol. The highest BCUT2D eigenvalue weighted by Gasteiger charge is 2.18. The summed E-state index contributed by atoms with van der Waals surface area (Å²) in [5.74, 6) is -0.639. The number of carbonyl (C=O) groups is 2. The van der Waals surface area contributed by atoms with Gasteiger partial charge >= 0.3 is 12.1 Å². The largest absolute Gasteiger partial charge is 0.512 e. The van der Waals surface area contributed by atoms with Gasteiger partial charge in [-0.3, -0.25) is 5.32 Å². The van der Waals surface area contributed by atoms with Crippen LogP contribution in [0.15, 0.2) is 42.9 Å². The molecule has 1 aromatic heterocycles. The molecule has 1 N–H and O–H groups in total. The summed E-state index contributed by atoms with van der Waals surface area (Å²) >= 11 is 0. The molecule has 2 aromatic rings. The lowest BCUT2D eigenvalue weighted by Crippen LogP contribution is -2.22. The van der Waals surface area contributed by atoms with Crippen molar-refractivity contribution in [3.8, 4) is 0 Å². The van der Waals surface area contributed by atoms with Crippen LogP contribution in [0.25, 0.3) is 0 Å². The first-order valence-corrected chi connectivity index (χ1v) is 7.87. The molecule has 0 saturated carbocycles. The molecule has 0 unspecified atom stereocenters. The maximum Gasteiger partial charge on any atom is 0.512 e. The molecule has 0 aliphatic heterocycles. The van der Waals surface area contributed by atoms with E-state index in [0.29, 0.717) is 6.54 Å². The summed E-state index contributed by atoms with van der Waals surface area (Å²) in [5, 5.41) is 2.79. The maximum absolute atomic E-state index is 12.2. The third-order valence-electron chi connectivity index (χ3n) is 3.48. The van der Waals surface area contributed by atoms with E-state index in [2.05, 4.69) is 15.0 Å². The van der Waals surface area contributed by atoms with Crippen molar-refractivity contribution in [1.82, 2.24) is 14.9 Å². The second-order valence-corrected chi connectivity index (χ2v) is 5.11. The monoisotopic (exact) mass is 347 g/mol. The molecule has 0 spiro atoms. The first kappa shape index (κ1) is 18.5. The highest BCUT2D eigenvalue weighted by Crippen LogP contribution is 2.19. The minimum atomic E-state index is -0.917. The smallest absolute Gasteiger partial charge is 0.423 e. The molecule has 1 heterocycles. The SMILES string of the molecule is CCNCOC(=O)OCOC(=O)c1cncn1[C@H](C)c1ccccc1. The Labute approximate surface area is 145 Å². The Bertz CT molecular complexity index is 687. The Morgan fingerprint density at radius 2 is 1.96 bits per heavy atom. The van der Waals surface area contributed by atoms with Gasteiger partial charge in [-0.1, -0.05) is 37.3 Å². The summed E-state index contributed by atoms with van der Waals surface area (Å²) in [6, 6.07) is 9.59. The Morgan fingerprint density at radius 3 is 2.68 bits per heavy atom. The van der Waals surface area contributed by atoms with Gasteiger partial charge in [0, 0.05) is 0 Å². The molecule has 8 heteroatoms. The van der Waals surface area contributed by atoms with Gasteiger partial charge in [-0.2, -0.15) is 0 Å². The zero-order chi connectivity index (χ0) is 18.1. The number of imidazole rings is 1. The van der Waals surface area contributed by atoms with Gasteiger partial charge in [-0.25, -0.2) is 14.6 Å². The normalized spacial score (nSPS) is 11.6. The highest BCUT2D eigenvalue weighted by molar-refractivity contribution is 5.87. The lowest BCUT2D eigenvalue weighted by atomic mass is 10.1. The first-order chi connectivity index (χ1) is 12.1. The number of ether oxygens (including phenoxy) is 3. The fraction of sp³-hybridized carbons (Fsp3) is 0.353. The van der Waals surface area contributed by atoms with Crippen LogP contribution in [0.4, 0.5) is 4.79 Å². The number of benzene rings is 1. The Balaban J connectivity index is 1.89. The lowest BCUT2D eigenvalue weighted by molar-refractivity contribution is -0.0294. The van der Waals surface area contributed by atoms with Gasteiger partial charge in [0.2, 0.25) is 6.79 Å².